The molecule has 0 aliphatic carbocycles. The molecule has 3 rings (SSSR count). The van der Waals surface area contributed by atoms with E-state index < -0.39 is 0 Å². The van der Waals surface area contributed by atoms with E-state index in [9.17, 15) is 9.59 Å². The van der Waals surface area contributed by atoms with E-state index in [1.165, 1.54) is 11.3 Å². The van der Waals surface area contributed by atoms with Gasteiger partial charge < -0.3 is 10.2 Å². The van der Waals surface area contributed by atoms with E-state index >= 15 is 0 Å². The summed E-state index contributed by atoms with van der Waals surface area (Å²) in [6.07, 6.45) is 3.27. The Bertz CT molecular complexity index is 829. The molecule has 1 N–H and O–H groups in total. The first-order chi connectivity index (χ1) is 13.5. The number of nitrogens with one attached hydrogen (secondary N) is 1. The predicted molar refractivity (Wildman–Crippen MR) is 112 cm³/mol. The summed E-state index contributed by atoms with van der Waals surface area (Å²) < 4.78 is 0. The summed E-state index contributed by atoms with van der Waals surface area (Å²) in [5.41, 5.74) is 0.509. The first-order valence-corrected chi connectivity index (χ1v) is 10.9. The van der Waals surface area contributed by atoms with E-state index in [1.807, 2.05) is 0 Å². The summed E-state index contributed by atoms with van der Waals surface area (Å²) in [7, 11) is 0. The third-order valence-corrected chi connectivity index (χ3v) is 6.59. The van der Waals surface area contributed by atoms with E-state index in [0.29, 0.717) is 47.6 Å². The molecule has 0 saturated carbocycles. The summed E-state index contributed by atoms with van der Waals surface area (Å²) in [5.74, 6) is 0.137. The van der Waals surface area contributed by atoms with Crippen LogP contribution in [0.25, 0.3) is 0 Å². The smallest absolute Gasteiger partial charge is 0.255 e. The van der Waals surface area contributed by atoms with Gasteiger partial charge >= 0.3 is 0 Å². The van der Waals surface area contributed by atoms with Crippen molar-refractivity contribution in [3.63, 3.8) is 0 Å². The molecule has 2 aromatic rings. The minimum absolute atomic E-state index is 0.0444. The Balaban J connectivity index is 1.54. The third-order valence-electron chi connectivity index (χ3n) is 5.26. The number of carbonyl (C=O) groups is 2. The van der Waals surface area contributed by atoms with Crippen molar-refractivity contribution in [2.75, 3.05) is 18.4 Å². The number of benzene rings is 1. The number of nitrogens with zero attached hydrogens (tertiary/aromatic N) is 3. The van der Waals surface area contributed by atoms with Crippen molar-refractivity contribution in [2.45, 2.75) is 45.4 Å². The SMILES string of the molecule is CCC(CC)c1nnc(NC(=O)C2CCN(C(=O)c3ccccc3Cl)CC2)s1. The van der Waals surface area contributed by atoms with Crippen LogP contribution in [0.15, 0.2) is 24.3 Å². The highest BCUT2D eigenvalue weighted by Gasteiger charge is 2.29. The summed E-state index contributed by atoms with van der Waals surface area (Å²) in [6, 6.07) is 7.05. The highest BCUT2D eigenvalue weighted by atomic mass is 35.5. The van der Waals surface area contributed by atoms with Gasteiger partial charge in [0, 0.05) is 24.9 Å². The monoisotopic (exact) mass is 420 g/mol. The number of aromatic nitrogens is 2. The molecule has 6 nitrogen and oxygen atoms in total. The molecule has 2 heterocycles. The molecule has 1 aliphatic rings. The molecule has 1 aromatic heterocycles. The van der Waals surface area contributed by atoms with Gasteiger partial charge in [0.05, 0.1) is 10.6 Å². The van der Waals surface area contributed by atoms with Crippen molar-refractivity contribution in [1.82, 2.24) is 15.1 Å². The van der Waals surface area contributed by atoms with Crippen LogP contribution in [-0.4, -0.2) is 40.0 Å². The van der Waals surface area contributed by atoms with Gasteiger partial charge in [0.1, 0.15) is 5.01 Å². The summed E-state index contributed by atoms with van der Waals surface area (Å²) in [6.45, 7) is 5.34. The molecule has 150 valence electrons. The summed E-state index contributed by atoms with van der Waals surface area (Å²) >= 11 is 7.58. The van der Waals surface area contributed by atoms with E-state index in [1.54, 1.807) is 29.2 Å². The van der Waals surface area contributed by atoms with E-state index in [-0.39, 0.29) is 17.7 Å². The normalized spacial score (nSPS) is 15.1. The number of halogens is 1. The first kappa shape index (κ1) is 20.7. The summed E-state index contributed by atoms with van der Waals surface area (Å²) in [4.78, 5) is 27.0. The fraction of sp³-hybridized carbons (Fsp3) is 0.500. The Kier molecular flexibility index (Phi) is 7.02. The molecule has 1 saturated heterocycles. The molecule has 0 bridgehead atoms. The number of amides is 2. The van der Waals surface area contributed by atoms with Crippen LogP contribution in [0.1, 0.15) is 60.8 Å². The number of anilines is 1. The molecular formula is C20H25ClN4O2S. The minimum atomic E-state index is -0.129. The van der Waals surface area contributed by atoms with Gasteiger partial charge in [-0.15, -0.1) is 10.2 Å². The van der Waals surface area contributed by atoms with Gasteiger partial charge in [-0.25, -0.2) is 0 Å². The molecule has 0 atom stereocenters. The van der Waals surface area contributed by atoms with E-state index in [0.717, 1.165) is 17.8 Å². The van der Waals surface area contributed by atoms with Crippen molar-refractivity contribution >= 4 is 39.9 Å². The minimum Gasteiger partial charge on any atom is -0.339 e. The lowest BCUT2D eigenvalue weighted by atomic mass is 9.95. The maximum atomic E-state index is 12.6. The van der Waals surface area contributed by atoms with Crippen LogP contribution in [0.4, 0.5) is 5.13 Å². The van der Waals surface area contributed by atoms with Crippen LogP contribution in [0, 0.1) is 5.92 Å². The predicted octanol–water partition coefficient (Wildman–Crippen LogP) is 4.59. The zero-order chi connectivity index (χ0) is 20.1. The van der Waals surface area contributed by atoms with Gasteiger partial charge in [-0.05, 0) is 37.8 Å². The molecule has 28 heavy (non-hydrogen) atoms. The Morgan fingerprint density at radius 1 is 1.21 bits per heavy atom. The van der Waals surface area contributed by atoms with Gasteiger partial charge in [0.2, 0.25) is 11.0 Å². The second-order valence-corrected chi connectivity index (χ2v) is 8.41. The molecule has 0 unspecified atom stereocenters. The van der Waals surface area contributed by atoms with Crippen LogP contribution < -0.4 is 5.32 Å². The Morgan fingerprint density at radius 2 is 1.89 bits per heavy atom. The Hall–Kier alpha value is -1.99. The number of hydrogen-bond acceptors (Lipinski definition) is 5. The average molecular weight is 421 g/mol. The zero-order valence-corrected chi connectivity index (χ0v) is 17.7. The maximum Gasteiger partial charge on any atom is 0.255 e. The fourth-order valence-electron chi connectivity index (χ4n) is 3.45. The van der Waals surface area contributed by atoms with Crippen LogP contribution in [-0.2, 0) is 4.79 Å². The van der Waals surface area contributed by atoms with Gasteiger partial charge in [-0.2, -0.15) is 0 Å². The average Bonchev–Trinajstić information content (AvgIpc) is 3.17. The number of rotatable bonds is 6. The van der Waals surface area contributed by atoms with Crippen molar-refractivity contribution in [2.24, 2.45) is 5.92 Å². The zero-order valence-electron chi connectivity index (χ0n) is 16.2. The highest BCUT2D eigenvalue weighted by Crippen LogP contribution is 2.29. The van der Waals surface area contributed by atoms with E-state index in [4.69, 9.17) is 11.6 Å². The largest absolute Gasteiger partial charge is 0.339 e. The fourth-order valence-corrected chi connectivity index (χ4v) is 4.67. The number of likely N-dealkylation sites (tertiary alicyclic amines) is 1. The number of carbonyl (C=O) groups excluding carboxylic acids is 2. The second kappa shape index (κ2) is 9.47. The molecule has 1 aromatic carbocycles. The standard InChI is InChI=1S/C20H25ClN4O2S/c1-3-13(4-2)18-23-24-20(28-18)22-17(26)14-9-11-25(12-10-14)19(27)15-7-5-6-8-16(15)21/h5-8,13-14H,3-4,9-12H2,1-2H3,(H,22,24,26). The molecule has 1 fully saturated rings. The van der Waals surface area contributed by atoms with Crippen LogP contribution in [0.5, 0.6) is 0 Å². The Labute approximate surface area is 174 Å². The molecular weight excluding hydrogens is 396 g/mol. The maximum absolute atomic E-state index is 12.6. The highest BCUT2D eigenvalue weighted by molar-refractivity contribution is 7.15. The molecule has 2 amide bonds. The van der Waals surface area contributed by atoms with Crippen molar-refractivity contribution in [1.29, 1.82) is 0 Å². The molecule has 1 aliphatic heterocycles. The lowest BCUT2D eigenvalue weighted by Gasteiger charge is -2.31. The number of hydrogen-bond donors (Lipinski definition) is 1. The summed E-state index contributed by atoms with van der Waals surface area (Å²) in [5, 5.41) is 13.2. The first-order valence-electron chi connectivity index (χ1n) is 9.71. The van der Waals surface area contributed by atoms with Crippen molar-refractivity contribution in [3.05, 3.63) is 39.9 Å². The second-order valence-electron chi connectivity index (χ2n) is 6.99. The van der Waals surface area contributed by atoms with Gasteiger partial charge in [-0.3, -0.25) is 9.59 Å². The lowest BCUT2D eigenvalue weighted by Crippen LogP contribution is -2.41. The van der Waals surface area contributed by atoms with Crippen molar-refractivity contribution < 1.29 is 9.59 Å². The van der Waals surface area contributed by atoms with Crippen LogP contribution >= 0.6 is 22.9 Å². The van der Waals surface area contributed by atoms with Crippen molar-refractivity contribution in [3.8, 4) is 0 Å². The molecule has 8 heteroatoms. The van der Waals surface area contributed by atoms with Gasteiger partial charge in [0.25, 0.3) is 5.91 Å². The van der Waals surface area contributed by atoms with Crippen LogP contribution in [0.2, 0.25) is 5.02 Å². The Morgan fingerprint density at radius 3 is 2.54 bits per heavy atom. The molecule has 0 spiro atoms. The van der Waals surface area contributed by atoms with E-state index in [2.05, 4.69) is 29.4 Å². The lowest BCUT2D eigenvalue weighted by molar-refractivity contribution is -0.121. The molecule has 0 radical (unpaired) electrons. The quantitative estimate of drug-likeness (QED) is 0.741. The van der Waals surface area contributed by atoms with Gasteiger partial charge in [0.15, 0.2) is 0 Å². The van der Waals surface area contributed by atoms with Crippen LogP contribution in [0.3, 0.4) is 0 Å². The number of piperidine rings is 1. The third kappa shape index (κ3) is 4.70. The van der Waals surface area contributed by atoms with Gasteiger partial charge in [-0.1, -0.05) is 48.9 Å². The topological polar surface area (TPSA) is 75.2 Å².